The Morgan fingerprint density at radius 1 is 0.792 bits per heavy atom. The van der Waals surface area contributed by atoms with Gasteiger partial charge in [-0.15, -0.1) is 0 Å². The molecule has 1 heteroatoms. The van der Waals surface area contributed by atoms with Gasteiger partial charge in [-0.1, -0.05) is 88.3 Å². The molecule has 0 amide bonds. The summed E-state index contributed by atoms with van der Waals surface area (Å²) in [5.41, 5.74) is 3.60. The van der Waals surface area contributed by atoms with E-state index in [1.807, 2.05) is 0 Å². The number of benzene rings is 1. The lowest BCUT2D eigenvalue weighted by Crippen LogP contribution is -2.19. The molecule has 0 radical (unpaired) electrons. The highest BCUT2D eigenvalue weighted by molar-refractivity contribution is 5.50. The van der Waals surface area contributed by atoms with Crippen molar-refractivity contribution in [1.82, 2.24) is 0 Å². The lowest BCUT2D eigenvalue weighted by atomic mass is 9.74. The second-order valence-corrected chi connectivity index (χ2v) is 9.42. The fraction of sp³-hybridized carbons (Fsp3) is 0.739. The van der Waals surface area contributed by atoms with Crippen LogP contribution in [-0.2, 0) is 10.8 Å². The second kappa shape index (κ2) is 7.93. The average Bonchev–Trinajstić information content (AvgIpc) is 2.37. The number of hydrogen-bond donors (Lipinski definition) is 1. The molecule has 0 bridgehead atoms. The zero-order valence-corrected chi connectivity index (χ0v) is 15.6. The maximum absolute atomic E-state index is 10.8. The van der Waals surface area contributed by atoms with E-state index < -0.39 is 0 Å². The van der Waals surface area contributed by atoms with Gasteiger partial charge >= 0.3 is 0 Å². The molecule has 0 spiro atoms. The van der Waals surface area contributed by atoms with Crippen LogP contribution >= 0.6 is 0 Å². The summed E-state index contributed by atoms with van der Waals surface area (Å²) in [6, 6.07) is 4.57. The maximum Gasteiger partial charge on any atom is 0.123 e. The van der Waals surface area contributed by atoms with Crippen LogP contribution in [0.2, 0.25) is 0 Å². The highest BCUT2D eigenvalue weighted by Gasteiger charge is 2.29. The van der Waals surface area contributed by atoms with E-state index in [4.69, 9.17) is 0 Å². The van der Waals surface area contributed by atoms with Crippen molar-refractivity contribution in [3.05, 3.63) is 28.8 Å². The Balaban J connectivity index is 0.00000264. The van der Waals surface area contributed by atoms with Crippen molar-refractivity contribution in [1.29, 1.82) is 0 Å². The van der Waals surface area contributed by atoms with Crippen molar-refractivity contribution in [2.45, 2.75) is 106 Å². The van der Waals surface area contributed by atoms with Crippen LogP contribution < -0.4 is 0 Å². The minimum atomic E-state index is -0.0257. The standard InChI is InChI=1S/C21H34O.2CH4/c1-14-8-10-15(11-9-14)16-12-17(20(2,3)4)19(22)18(13-16)21(5,6)7;;/h12-15,22H,8-11H2,1-7H3;2*1H4. The third-order valence-electron chi connectivity index (χ3n) is 5.24. The summed E-state index contributed by atoms with van der Waals surface area (Å²) in [4.78, 5) is 0. The molecule has 2 rings (SSSR count). The van der Waals surface area contributed by atoms with Crippen LogP contribution in [0, 0.1) is 5.92 Å². The fourth-order valence-electron chi connectivity index (χ4n) is 3.63. The van der Waals surface area contributed by atoms with Gasteiger partial charge in [0, 0.05) is 0 Å². The van der Waals surface area contributed by atoms with Gasteiger partial charge in [-0.05, 0) is 52.2 Å². The predicted octanol–water partition coefficient (Wildman–Crippen LogP) is 7.55. The molecule has 1 nitrogen and oxygen atoms in total. The summed E-state index contributed by atoms with van der Waals surface area (Å²) in [5.74, 6) is 2.05. The summed E-state index contributed by atoms with van der Waals surface area (Å²) in [6.07, 6.45) is 5.25. The van der Waals surface area contributed by atoms with Crippen LogP contribution in [0.3, 0.4) is 0 Å². The predicted molar refractivity (Wildman–Crippen MR) is 109 cm³/mol. The molecule has 0 aromatic heterocycles. The minimum Gasteiger partial charge on any atom is -0.507 e. The lowest BCUT2D eigenvalue weighted by Gasteiger charge is -2.32. The van der Waals surface area contributed by atoms with Crippen molar-refractivity contribution in [3.8, 4) is 5.75 Å². The first-order valence-corrected chi connectivity index (χ1v) is 8.88. The van der Waals surface area contributed by atoms with E-state index in [-0.39, 0.29) is 25.7 Å². The fourth-order valence-corrected chi connectivity index (χ4v) is 3.63. The van der Waals surface area contributed by atoms with Gasteiger partial charge in [0.2, 0.25) is 0 Å². The number of phenols is 1. The van der Waals surface area contributed by atoms with Gasteiger partial charge in [0.15, 0.2) is 0 Å². The molecule has 24 heavy (non-hydrogen) atoms. The first-order chi connectivity index (χ1) is 10.00. The SMILES string of the molecule is C.C.CC1CCC(c2cc(C(C)(C)C)c(O)c(C(C)(C)C)c2)CC1. The maximum atomic E-state index is 10.8. The molecule has 1 aliphatic rings. The average molecular weight is 335 g/mol. The van der Waals surface area contributed by atoms with Gasteiger partial charge in [-0.3, -0.25) is 0 Å². The zero-order chi connectivity index (χ0) is 16.7. The van der Waals surface area contributed by atoms with Gasteiger partial charge in [-0.2, -0.15) is 0 Å². The Labute approximate surface area is 151 Å². The van der Waals surface area contributed by atoms with Gasteiger partial charge in [-0.25, -0.2) is 0 Å². The quantitative estimate of drug-likeness (QED) is 0.562. The van der Waals surface area contributed by atoms with Crippen LogP contribution in [0.1, 0.15) is 112 Å². The first-order valence-electron chi connectivity index (χ1n) is 8.88. The lowest BCUT2D eigenvalue weighted by molar-refractivity contribution is 0.346. The van der Waals surface area contributed by atoms with E-state index in [0.29, 0.717) is 11.7 Å². The molecule has 1 aromatic carbocycles. The highest BCUT2D eigenvalue weighted by Crippen LogP contribution is 2.44. The number of hydrogen-bond acceptors (Lipinski definition) is 1. The Hall–Kier alpha value is -0.980. The first kappa shape index (κ1) is 23.0. The number of rotatable bonds is 1. The smallest absolute Gasteiger partial charge is 0.123 e. The minimum absolute atomic E-state index is 0. The van der Waals surface area contributed by atoms with Crippen molar-refractivity contribution in [2.75, 3.05) is 0 Å². The van der Waals surface area contributed by atoms with Crippen molar-refractivity contribution in [2.24, 2.45) is 5.92 Å². The van der Waals surface area contributed by atoms with Crippen LogP contribution in [-0.4, -0.2) is 5.11 Å². The summed E-state index contributed by atoms with van der Waals surface area (Å²) in [5, 5.41) is 10.8. The van der Waals surface area contributed by atoms with Crippen LogP contribution in [0.4, 0.5) is 0 Å². The Kier molecular flexibility index (Phi) is 7.61. The van der Waals surface area contributed by atoms with E-state index in [2.05, 4.69) is 60.6 Å². The molecular weight excluding hydrogens is 292 g/mol. The summed E-state index contributed by atoms with van der Waals surface area (Å²) in [7, 11) is 0. The number of phenolic OH excluding ortho intramolecular Hbond substituents is 1. The van der Waals surface area contributed by atoms with E-state index >= 15 is 0 Å². The third-order valence-corrected chi connectivity index (χ3v) is 5.24. The molecule has 0 aliphatic heterocycles. The normalized spacial score (nSPS) is 21.6. The van der Waals surface area contributed by atoms with Crippen LogP contribution in [0.15, 0.2) is 12.1 Å². The van der Waals surface area contributed by atoms with E-state index in [1.54, 1.807) is 0 Å². The van der Waals surface area contributed by atoms with Crippen molar-refractivity contribution >= 4 is 0 Å². The molecule has 1 saturated carbocycles. The zero-order valence-electron chi connectivity index (χ0n) is 15.6. The molecule has 0 saturated heterocycles. The highest BCUT2D eigenvalue weighted by atomic mass is 16.3. The Morgan fingerprint density at radius 2 is 1.17 bits per heavy atom. The molecule has 1 fully saturated rings. The molecule has 1 aromatic rings. The molecule has 0 atom stereocenters. The largest absolute Gasteiger partial charge is 0.507 e. The van der Waals surface area contributed by atoms with E-state index in [9.17, 15) is 5.11 Å². The molecular formula is C23H42O. The van der Waals surface area contributed by atoms with E-state index in [1.165, 1.54) is 31.2 Å². The van der Waals surface area contributed by atoms with Gasteiger partial charge in [0.05, 0.1) is 0 Å². The molecule has 1 N–H and O–H groups in total. The molecule has 0 heterocycles. The molecule has 1 aliphatic carbocycles. The summed E-state index contributed by atoms with van der Waals surface area (Å²) in [6.45, 7) is 15.5. The summed E-state index contributed by atoms with van der Waals surface area (Å²) >= 11 is 0. The second-order valence-electron chi connectivity index (χ2n) is 9.42. The van der Waals surface area contributed by atoms with Gasteiger partial charge in [0.1, 0.15) is 5.75 Å². The van der Waals surface area contributed by atoms with Crippen molar-refractivity contribution in [3.63, 3.8) is 0 Å². The van der Waals surface area contributed by atoms with Crippen LogP contribution in [0.5, 0.6) is 5.75 Å². The molecule has 0 unspecified atom stereocenters. The van der Waals surface area contributed by atoms with Crippen LogP contribution in [0.25, 0.3) is 0 Å². The monoisotopic (exact) mass is 334 g/mol. The third kappa shape index (κ3) is 5.01. The van der Waals surface area contributed by atoms with Gasteiger partial charge < -0.3 is 5.11 Å². The van der Waals surface area contributed by atoms with E-state index in [0.717, 1.165) is 17.0 Å². The van der Waals surface area contributed by atoms with Gasteiger partial charge in [0.25, 0.3) is 0 Å². The topological polar surface area (TPSA) is 20.2 Å². The summed E-state index contributed by atoms with van der Waals surface area (Å²) < 4.78 is 0. The Morgan fingerprint density at radius 3 is 1.50 bits per heavy atom. The number of aromatic hydroxyl groups is 1. The Bertz CT molecular complexity index is 485. The molecule has 140 valence electrons. The van der Waals surface area contributed by atoms with Crippen molar-refractivity contribution < 1.29 is 5.11 Å².